The van der Waals surface area contributed by atoms with Crippen LogP contribution in [0.25, 0.3) is 0 Å². The number of benzene rings is 1. The van der Waals surface area contributed by atoms with Crippen molar-refractivity contribution < 1.29 is 4.79 Å². The lowest BCUT2D eigenvalue weighted by atomic mass is 10.2. The zero-order valence-corrected chi connectivity index (χ0v) is 9.03. The number of carbonyl (C=O) groups excluding carboxylic acids is 1. The number of likely N-dealkylation sites (N-methyl/N-ethyl adjacent to an activating group) is 1. The third kappa shape index (κ3) is 1.61. The van der Waals surface area contributed by atoms with Crippen LogP contribution in [0.1, 0.15) is 5.56 Å². The predicted octanol–water partition coefficient (Wildman–Crippen LogP) is 1.74. The Balaban J connectivity index is 2.35. The SMILES string of the molecule is C=C1N(C)CC(=O)N1c1ccc(C)cc1. The standard InChI is InChI=1S/C12H14N2O/c1-9-4-6-11(7-5-9)14-10(2)13(3)8-12(14)15/h4-7H,2,8H2,1,3H3. The Kier molecular flexibility index (Phi) is 2.23. The van der Waals surface area contributed by atoms with Crippen LogP contribution in [-0.4, -0.2) is 24.4 Å². The summed E-state index contributed by atoms with van der Waals surface area (Å²) in [6.45, 7) is 6.33. The van der Waals surface area contributed by atoms with E-state index in [9.17, 15) is 4.79 Å². The molecule has 1 amide bonds. The molecule has 0 radical (unpaired) electrons. The smallest absolute Gasteiger partial charge is 0.252 e. The summed E-state index contributed by atoms with van der Waals surface area (Å²) in [5, 5.41) is 0. The second kappa shape index (κ2) is 3.42. The van der Waals surface area contributed by atoms with Crippen molar-refractivity contribution in [1.82, 2.24) is 4.90 Å². The molecule has 1 aliphatic rings. The van der Waals surface area contributed by atoms with Gasteiger partial charge in [0.2, 0.25) is 0 Å². The molecule has 1 aromatic carbocycles. The van der Waals surface area contributed by atoms with Gasteiger partial charge in [-0.2, -0.15) is 0 Å². The lowest BCUT2D eigenvalue weighted by molar-refractivity contribution is -0.116. The van der Waals surface area contributed by atoms with Crippen LogP contribution in [0, 0.1) is 6.92 Å². The van der Waals surface area contributed by atoms with E-state index in [-0.39, 0.29) is 5.91 Å². The van der Waals surface area contributed by atoms with Crippen LogP contribution in [0.2, 0.25) is 0 Å². The van der Waals surface area contributed by atoms with Crippen molar-refractivity contribution in [2.24, 2.45) is 0 Å². The normalized spacial score (nSPS) is 16.4. The summed E-state index contributed by atoms with van der Waals surface area (Å²) < 4.78 is 0. The lowest BCUT2D eigenvalue weighted by Crippen LogP contribution is -2.23. The fraction of sp³-hybridized carbons (Fsp3) is 0.250. The Hall–Kier alpha value is -1.77. The number of hydrogen-bond acceptors (Lipinski definition) is 2. The predicted molar refractivity (Wildman–Crippen MR) is 60.4 cm³/mol. The van der Waals surface area contributed by atoms with Crippen LogP contribution in [0.15, 0.2) is 36.7 Å². The van der Waals surface area contributed by atoms with Gasteiger partial charge in [0.05, 0.1) is 12.2 Å². The summed E-state index contributed by atoms with van der Waals surface area (Å²) in [6, 6.07) is 7.87. The number of amides is 1. The summed E-state index contributed by atoms with van der Waals surface area (Å²) in [6.07, 6.45) is 0. The van der Waals surface area contributed by atoms with Crippen molar-refractivity contribution in [3.05, 3.63) is 42.2 Å². The van der Waals surface area contributed by atoms with Crippen molar-refractivity contribution in [2.75, 3.05) is 18.5 Å². The highest BCUT2D eigenvalue weighted by molar-refractivity contribution is 6.00. The largest absolute Gasteiger partial charge is 0.352 e. The molecule has 0 N–H and O–H groups in total. The zero-order chi connectivity index (χ0) is 11.0. The highest BCUT2D eigenvalue weighted by atomic mass is 16.2. The van der Waals surface area contributed by atoms with E-state index >= 15 is 0 Å². The molecule has 1 saturated heterocycles. The van der Waals surface area contributed by atoms with Gasteiger partial charge in [-0.05, 0) is 19.1 Å². The Morgan fingerprint density at radius 1 is 1.27 bits per heavy atom. The van der Waals surface area contributed by atoms with Gasteiger partial charge in [0.25, 0.3) is 5.91 Å². The monoisotopic (exact) mass is 202 g/mol. The third-order valence-corrected chi connectivity index (χ3v) is 2.61. The maximum absolute atomic E-state index is 11.7. The van der Waals surface area contributed by atoms with Gasteiger partial charge in [-0.3, -0.25) is 9.69 Å². The molecule has 2 rings (SSSR count). The van der Waals surface area contributed by atoms with Crippen molar-refractivity contribution in [2.45, 2.75) is 6.92 Å². The average molecular weight is 202 g/mol. The Morgan fingerprint density at radius 3 is 2.33 bits per heavy atom. The van der Waals surface area contributed by atoms with E-state index in [0.29, 0.717) is 6.54 Å². The van der Waals surface area contributed by atoms with E-state index in [4.69, 9.17) is 0 Å². The minimum absolute atomic E-state index is 0.0753. The average Bonchev–Trinajstić information content (AvgIpc) is 2.44. The third-order valence-electron chi connectivity index (χ3n) is 2.61. The molecule has 0 bridgehead atoms. The van der Waals surface area contributed by atoms with Gasteiger partial charge in [0.1, 0.15) is 5.82 Å². The molecule has 3 heteroatoms. The number of aryl methyl sites for hydroxylation is 1. The van der Waals surface area contributed by atoms with E-state index in [0.717, 1.165) is 11.5 Å². The molecule has 0 atom stereocenters. The summed E-state index contributed by atoms with van der Waals surface area (Å²) in [7, 11) is 1.87. The number of anilines is 1. The lowest BCUT2D eigenvalue weighted by Gasteiger charge is -2.18. The quantitative estimate of drug-likeness (QED) is 0.692. The van der Waals surface area contributed by atoms with E-state index in [2.05, 4.69) is 6.58 Å². The van der Waals surface area contributed by atoms with E-state index < -0.39 is 0 Å². The second-order valence-corrected chi connectivity index (χ2v) is 3.84. The first-order valence-corrected chi connectivity index (χ1v) is 4.89. The minimum atomic E-state index is 0.0753. The summed E-state index contributed by atoms with van der Waals surface area (Å²) in [4.78, 5) is 15.2. The first-order valence-electron chi connectivity index (χ1n) is 4.89. The Morgan fingerprint density at radius 2 is 1.87 bits per heavy atom. The van der Waals surface area contributed by atoms with Gasteiger partial charge in [0.15, 0.2) is 0 Å². The van der Waals surface area contributed by atoms with Crippen LogP contribution in [-0.2, 0) is 4.79 Å². The first-order chi connectivity index (χ1) is 7.09. The van der Waals surface area contributed by atoms with Crippen molar-refractivity contribution >= 4 is 11.6 Å². The van der Waals surface area contributed by atoms with Crippen molar-refractivity contribution in [3.63, 3.8) is 0 Å². The zero-order valence-electron chi connectivity index (χ0n) is 9.03. The second-order valence-electron chi connectivity index (χ2n) is 3.84. The van der Waals surface area contributed by atoms with Crippen molar-refractivity contribution in [1.29, 1.82) is 0 Å². The van der Waals surface area contributed by atoms with Gasteiger partial charge in [-0.25, -0.2) is 0 Å². The molecular formula is C12H14N2O. The fourth-order valence-corrected chi connectivity index (χ4v) is 1.67. The molecule has 1 aliphatic heterocycles. The Labute approximate surface area is 89.6 Å². The van der Waals surface area contributed by atoms with Crippen LogP contribution >= 0.6 is 0 Å². The van der Waals surface area contributed by atoms with Gasteiger partial charge >= 0.3 is 0 Å². The van der Waals surface area contributed by atoms with Gasteiger partial charge < -0.3 is 4.90 Å². The van der Waals surface area contributed by atoms with E-state index in [1.165, 1.54) is 5.56 Å². The van der Waals surface area contributed by atoms with E-state index in [1.54, 1.807) is 4.90 Å². The molecule has 1 heterocycles. The minimum Gasteiger partial charge on any atom is -0.352 e. The summed E-state index contributed by atoms with van der Waals surface area (Å²) >= 11 is 0. The molecule has 0 spiro atoms. The highest BCUT2D eigenvalue weighted by Crippen LogP contribution is 2.25. The molecule has 15 heavy (non-hydrogen) atoms. The van der Waals surface area contributed by atoms with E-state index in [1.807, 2.05) is 43.1 Å². The maximum Gasteiger partial charge on any atom is 0.252 e. The van der Waals surface area contributed by atoms with Crippen LogP contribution in [0.4, 0.5) is 5.69 Å². The Bertz CT molecular complexity index is 408. The van der Waals surface area contributed by atoms with Crippen LogP contribution in [0.3, 0.4) is 0 Å². The molecule has 0 aromatic heterocycles. The van der Waals surface area contributed by atoms with Gasteiger partial charge in [-0.15, -0.1) is 0 Å². The number of nitrogens with zero attached hydrogens (tertiary/aromatic N) is 2. The highest BCUT2D eigenvalue weighted by Gasteiger charge is 2.29. The molecule has 3 nitrogen and oxygen atoms in total. The number of carbonyl (C=O) groups is 1. The fourth-order valence-electron chi connectivity index (χ4n) is 1.67. The van der Waals surface area contributed by atoms with Crippen LogP contribution < -0.4 is 4.90 Å². The number of hydrogen-bond donors (Lipinski definition) is 0. The van der Waals surface area contributed by atoms with Gasteiger partial charge in [-0.1, -0.05) is 24.3 Å². The van der Waals surface area contributed by atoms with Gasteiger partial charge in [0, 0.05) is 7.05 Å². The summed E-state index contributed by atoms with van der Waals surface area (Å²) in [5.41, 5.74) is 2.07. The van der Waals surface area contributed by atoms with Crippen molar-refractivity contribution in [3.8, 4) is 0 Å². The topological polar surface area (TPSA) is 23.6 Å². The first kappa shape index (κ1) is 9.77. The molecule has 78 valence electrons. The maximum atomic E-state index is 11.7. The molecule has 1 aromatic rings. The molecular weight excluding hydrogens is 188 g/mol. The molecule has 1 fully saturated rings. The number of rotatable bonds is 1. The van der Waals surface area contributed by atoms with Crippen LogP contribution in [0.5, 0.6) is 0 Å². The molecule has 0 saturated carbocycles. The molecule has 0 aliphatic carbocycles. The molecule has 0 unspecified atom stereocenters. The summed E-state index contributed by atoms with van der Waals surface area (Å²) in [5.74, 6) is 0.815.